The topological polar surface area (TPSA) is 96.9 Å². The minimum atomic E-state index is -0.283. The molecule has 154 valence electrons. The fourth-order valence-corrected chi connectivity index (χ4v) is 2.99. The van der Waals surface area contributed by atoms with Gasteiger partial charge < -0.3 is 24.6 Å². The summed E-state index contributed by atoms with van der Waals surface area (Å²) in [6.45, 7) is 4.89. The highest BCUT2D eigenvalue weighted by molar-refractivity contribution is 5.92. The smallest absolute Gasteiger partial charge is 0.270 e. The molecule has 1 saturated heterocycles. The molecule has 0 radical (unpaired) electrons. The van der Waals surface area contributed by atoms with Crippen molar-refractivity contribution < 1.29 is 19.1 Å². The van der Waals surface area contributed by atoms with Gasteiger partial charge in [-0.05, 0) is 24.3 Å². The standard InChI is InChI=1S/C20H25N5O4/c1-15(26)24-8-10-25(11-9-24)19-13-18(22-14-23-19)20(27)21-7-12-29-17-5-3-16(28-2)4-6-17/h3-6,13-14H,7-12H2,1-2H3,(H,21,27). The molecule has 29 heavy (non-hydrogen) atoms. The molecule has 0 bridgehead atoms. The second kappa shape index (κ2) is 9.72. The third kappa shape index (κ3) is 5.56. The van der Waals surface area contributed by atoms with Crippen molar-refractivity contribution in [1.29, 1.82) is 0 Å². The zero-order chi connectivity index (χ0) is 20.6. The number of nitrogens with zero attached hydrogens (tertiary/aromatic N) is 4. The van der Waals surface area contributed by atoms with Crippen LogP contribution >= 0.6 is 0 Å². The Bertz CT molecular complexity index is 835. The summed E-state index contributed by atoms with van der Waals surface area (Å²) in [7, 11) is 1.61. The lowest BCUT2D eigenvalue weighted by Gasteiger charge is -2.34. The summed E-state index contributed by atoms with van der Waals surface area (Å²) in [5.74, 6) is 1.93. The molecule has 2 amide bonds. The number of aromatic nitrogens is 2. The third-order valence-electron chi connectivity index (χ3n) is 4.65. The van der Waals surface area contributed by atoms with Gasteiger partial charge in [0.1, 0.15) is 35.9 Å². The first-order valence-electron chi connectivity index (χ1n) is 9.44. The summed E-state index contributed by atoms with van der Waals surface area (Å²) in [5.41, 5.74) is 0.299. The number of nitrogens with one attached hydrogen (secondary N) is 1. The van der Waals surface area contributed by atoms with Gasteiger partial charge in [-0.25, -0.2) is 9.97 Å². The van der Waals surface area contributed by atoms with Crippen LogP contribution in [0.1, 0.15) is 17.4 Å². The number of carbonyl (C=O) groups is 2. The molecule has 0 saturated carbocycles. The van der Waals surface area contributed by atoms with Crippen LogP contribution in [0, 0.1) is 0 Å². The molecule has 2 aromatic rings. The normalized spacial score (nSPS) is 13.7. The number of carbonyl (C=O) groups excluding carboxylic acids is 2. The average molecular weight is 399 g/mol. The van der Waals surface area contributed by atoms with Gasteiger partial charge in [0.15, 0.2) is 0 Å². The van der Waals surface area contributed by atoms with E-state index in [0.29, 0.717) is 56.6 Å². The maximum absolute atomic E-state index is 12.4. The fourth-order valence-electron chi connectivity index (χ4n) is 2.99. The van der Waals surface area contributed by atoms with Crippen LogP contribution in [0.5, 0.6) is 11.5 Å². The Hall–Kier alpha value is -3.36. The molecule has 0 unspecified atom stereocenters. The van der Waals surface area contributed by atoms with Gasteiger partial charge in [-0.15, -0.1) is 0 Å². The van der Waals surface area contributed by atoms with Crippen LogP contribution in [0.25, 0.3) is 0 Å². The Morgan fingerprint density at radius 3 is 2.41 bits per heavy atom. The van der Waals surface area contributed by atoms with E-state index in [1.54, 1.807) is 25.0 Å². The second-order valence-electron chi connectivity index (χ2n) is 6.53. The van der Waals surface area contributed by atoms with E-state index < -0.39 is 0 Å². The number of methoxy groups -OCH3 is 1. The van der Waals surface area contributed by atoms with E-state index in [1.165, 1.54) is 6.33 Å². The highest BCUT2D eigenvalue weighted by Gasteiger charge is 2.20. The molecular formula is C20H25N5O4. The molecule has 0 atom stereocenters. The number of amides is 2. The Morgan fingerprint density at radius 1 is 1.07 bits per heavy atom. The summed E-state index contributed by atoms with van der Waals surface area (Å²) in [6.07, 6.45) is 1.38. The lowest BCUT2D eigenvalue weighted by Crippen LogP contribution is -2.48. The molecule has 1 aliphatic rings. The molecule has 0 aliphatic carbocycles. The molecule has 1 N–H and O–H groups in total. The fraction of sp³-hybridized carbons (Fsp3) is 0.400. The van der Waals surface area contributed by atoms with Crippen LogP contribution in [0.2, 0.25) is 0 Å². The lowest BCUT2D eigenvalue weighted by atomic mass is 10.3. The quantitative estimate of drug-likeness (QED) is 0.693. The predicted molar refractivity (Wildman–Crippen MR) is 107 cm³/mol. The first kappa shape index (κ1) is 20.4. The van der Waals surface area contributed by atoms with Crippen molar-refractivity contribution in [2.75, 3.05) is 51.3 Å². The highest BCUT2D eigenvalue weighted by atomic mass is 16.5. The zero-order valence-corrected chi connectivity index (χ0v) is 16.6. The highest BCUT2D eigenvalue weighted by Crippen LogP contribution is 2.17. The van der Waals surface area contributed by atoms with Crippen molar-refractivity contribution in [3.63, 3.8) is 0 Å². The predicted octanol–water partition coefficient (Wildman–Crippen LogP) is 0.962. The van der Waals surface area contributed by atoms with Gasteiger partial charge in [-0.2, -0.15) is 0 Å². The van der Waals surface area contributed by atoms with Crippen LogP contribution in [0.3, 0.4) is 0 Å². The first-order chi connectivity index (χ1) is 14.1. The van der Waals surface area contributed by atoms with Crippen molar-refractivity contribution >= 4 is 17.6 Å². The summed E-state index contributed by atoms with van der Waals surface area (Å²) < 4.78 is 10.7. The maximum atomic E-state index is 12.4. The molecule has 3 rings (SSSR count). The van der Waals surface area contributed by atoms with Crippen molar-refractivity contribution in [3.8, 4) is 11.5 Å². The van der Waals surface area contributed by atoms with Crippen LogP contribution in [-0.2, 0) is 4.79 Å². The lowest BCUT2D eigenvalue weighted by molar-refractivity contribution is -0.129. The van der Waals surface area contributed by atoms with E-state index in [-0.39, 0.29) is 11.8 Å². The van der Waals surface area contributed by atoms with E-state index in [9.17, 15) is 9.59 Å². The maximum Gasteiger partial charge on any atom is 0.270 e. The number of hydrogen-bond donors (Lipinski definition) is 1. The molecule has 1 aromatic carbocycles. The van der Waals surface area contributed by atoms with E-state index >= 15 is 0 Å². The monoisotopic (exact) mass is 399 g/mol. The van der Waals surface area contributed by atoms with E-state index in [4.69, 9.17) is 9.47 Å². The molecule has 0 spiro atoms. The molecule has 9 heteroatoms. The molecule has 1 aromatic heterocycles. The van der Waals surface area contributed by atoms with Gasteiger partial charge in [0.25, 0.3) is 5.91 Å². The number of ether oxygens (including phenoxy) is 2. The SMILES string of the molecule is COc1ccc(OCCNC(=O)c2cc(N3CCN(C(C)=O)CC3)ncn2)cc1. The number of piperazine rings is 1. The minimum Gasteiger partial charge on any atom is -0.497 e. The number of hydrogen-bond acceptors (Lipinski definition) is 7. The van der Waals surface area contributed by atoms with Crippen molar-refractivity contribution in [2.45, 2.75) is 6.92 Å². The van der Waals surface area contributed by atoms with E-state index in [2.05, 4.69) is 15.3 Å². The van der Waals surface area contributed by atoms with Gasteiger partial charge in [0.05, 0.1) is 13.7 Å². The van der Waals surface area contributed by atoms with Gasteiger partial charge in [0.2, 0.25) is 5.91 Å². The van der Waals surface area contributed by atoms with Gasteiger partial charge in [-0.1, -0.05) is 0 Å². The molecular weight excluding hydrogens is 374 g/mol. The summed E-state index contributed by atoms with van der Waals surface area (Å²) in [5, 5.41) is 2.79. The number of rotatable bonds is 7. The zero-order valence-electron chi connectivity index (χ0n) is 16.6. The first-order valence-corrected chi connectivity index (χ1v) is 9.44. The summed E-state index contributed by atoms with van der Waals surface area (Å²) in [6, 6.07) is 8.91. The van der Waals surface area contributed by atoms with Gasteiger partial charge in [0, 0.05) is 39.2 Å². The van der Waals surface area contributed by atoms with Crippen LogP contribution in [0.15, 0.2) is 36.7 Å². The Labute approximate surface area is 169 Å². The number of anilines is 1. The van der Waals surface area contributed by atoms with E-state index in [1.807, 2.05) is 29.2 Å². The Balaban J connectivity index is 1.47. The second-order valence-corrected chi connectivity index (χ2v) is 6.53. The van der Waals surface area contributed by atoms with Crippen LogP contribution in [-0.4, -0.2) is 73.1 Å². The Kier molecular flexibility index (Phi) is 6.83. The molecule has 9 nitrogen and oxygen atoms in total. The van der Waals surface area contributed by atoms with Crippen LogP contribution in [0.4, 0.5) is 5.82 Å². The minimum absolute atomic E-state index is 0.0734. The summed E-state index contributed by atoms with van der Waals surface area (Å²) >= 11 is 0. The van der Waals surface area contributed by atoms with Crippen LogP contribution < -0.4 is 19.7 Å². The average Bonchev–Trinajstić information content (AvgIpc) is 2.77. The number of benzene rings is 1. The molecule has 1 fully saturated rings. The van der Waals surface area contributed by atoms with Crippen molar-refractivity contribution in [3.05, 3.63) is 42.4 Å². The van der Waals surface area contributed by atoms with Gasteiger partial charge >= 0.3 is 0 Å². The van der Waals surface area contributed by atoms with Gasteiger partial charge in [-0.3, -0.25) is 9.59 Å². The van der Waals surface area contributed by atoms with Crippen molar-refractivity contribution in [1.82, 2.24) is 20.2 Å². The largest absolute Gasteiger partial charge is 0.497 e. The van der Waals surface area contributed by atoms with Crippen molar-refractivity contribution in [2.24, 2.45) is 0 Å². The molecule has 2 heterocycles. The van der Waals surface area contributed by atoms with E-state index in [0.717, 1.165) is 5.75 Å². The molecule has 1 aliphatic heterocycles. The Morgan fingerprint density at radius 2 is 1.76 bits per heavy atom. The third-order valence-corrected chi connectivity index (χ3v) is 4.65. The summed E-state index contributed by atoms with van der Waals surface area (Å²) in [4.78, 5) is 36.0.